The Kier molecular flexibility index (Phi) is 4.79. The second kappa shape index (κ2) is 6.80. The summed E-state index contributed by atoms with van der Waals surface area (Å²) < 4.78 is 5.68. The molecule has 0 spiro atoms. The zero-order valence-corrected chi connectivity index (χ0v) is 13.6. The molecular weight excluding hydrogens is 276 g/mol. The molecule has 2 aliphatic rings. The van der Waals surface area contributed by atoms with Crippen LogP contribution in [0, 0.1) is 5.92 Å². The molecule has 1 amide bonds. The molecule has 0 aliphatic carbocycles. The number of carbonyl (C=O) groups excluding carboxylic acids is 1. The number of nitrogens with zero attached hydrogens (tertiary/aromatic N) is 2. The minimum absolute atomic E-state index is 0.258. The number of hydrogen-bond donors (Lipinski definition) is 0. The van der Waals surface area contributed by atoms with Crippen molar-refractivity contribution in [3.63, 3.8) is 0 Å². The first-order valence-corrected chi connectivity index (χ1v) is 8.31. The van der Waals surface area contributed by atoms with Crippen LogP contribution < -0.4 is 0 Å². The second-order valence-corrected chi connectivity index (χ2v) is 6.40. The maximum Gasteiger partial charge on any atom is 0.227 e. The van der Waals surface area contributed by atoms with Crippen LogP contribution in [-0.4, -0.2) is 61.1 Å². The van der Waals surface area contributed by atoms with Gasteiger partial charge in [0.05, 0.1) is 18.6 Å². The molecule has 1 aromatic rings. The summed E-state index contributed by atoms with van der Waals surface area (Å²) >= 11 is 0. The number of ether oxygens (including phenoxy) is 1. The van der Waals surface area contributed by atoms with Crippen LogP contribution in [0.4, 0.5) is 0 Å². The Bertz CT molecular complexity index is 505. The van der Waals surface area contributed by atoms with Gasteiger partial charge in [-0.05, 0) is 18.5 Å². The third-order valence-electron chi connectivity index (χ3n) is 5.21. The Morgan fingerprint density at radius 1 is 1.27 bits per heavy atom. The Labute approximate surface area is 133 Å². The van der Waals surface area contributed by atoms with E-state index >= 15 is 0 Å². The van der Waals surface area contributed by atoms with Crippen LogP contribution in [0.1, 0.15) is 18.9 Å². The zero-order chi connectivity index (χ0) is 15.5. The quantitative estimate of drug-likeness (QED) is 0.850. The Hall–Kier alpha value is -1.39. The number of piperidine rings is 1. The number of fused-ring (bicyclic) bond motifs is 1. The minimum atomic E-state index is 0.258. The standard InChI is InChI=1S/C18H26N2O2/c1-3-19-12-15-16(13-19)20(10-9-17(15)22-2)18(21)11-14-7-5-4-6-8-14/h4-8,15-17H,3,9-13H2,1-2H3/t15-,16+,17+/m0/s1. The van der Waals surface area contributed by atoms with E-state index in [1.54, 1.807) is 7.11 Å². The Morgan fingerprint density at radius 2 is 2.05 bits per heavy atom. The van der Waals surface area contributed by atoms with Crippen molar-refractivity contribution in [2.24, 2.45) is 5.92 Å². The molecular formula is C18H26N2O2. The maximum atomic E-state index is 12.8. The van der Waals surface area contributed by atoms with Gasteiger partial charge in [0, 0.05) is 32.7 Å². The molecule has 2 saturated heterocycles. The maximum absolute atomic E-state index is 12.8. The summed E-state index contributed by atoms with van der Waals surface area (Å²) in [5.74, 6) is 0.715. The van der Waals surface area contributed by atoms with Crippen LogP contribution in [0.3, 0.4) is 0 Å². The first-order valence-electron chi connectivity index (χ1n) is 8.31. The molecule has 120 valence electrons. The van der Waals surface area contributed by atoms with Crippen LogP contribution in [-0.2, 0) is 16.0 Å². The zero-order valence-electron chi connectivity index (χ0n) is 13.6. The van der Waals surface area contributed by atoms with Crippen molar-refractivity contribution >= 4 is 5.91 Å². The number of hydrogen-bond acceptors (Lipinski definition) is 3. The van der Waals surface area contributed by atoms with Crippen molar-refractivity contribution < 1.29 is 9.53 Å². The highest BCUT2D eigenvalue weighted by Gasteiger charge is 2.45. The SMILES string of the molecule is CCN1C[C@H]2[C@@H](C1)N(C(=O)Cc1ccccc1)CC[C@H]2OC. The second-order valence-electron chi connectivity index (χ2n) is 6.40. The van der Waals surface area contributed by atoms with Gasteiger partial charge in [-0.3, -0.25) is 4.79 Å². The van der Waals surface area contributed by atoms with Crippen LogP contribution in [0.25, 0.3) is 0 Å². The molecule has 2 heterocycles. The van der Waals surface area contributed by atoms with Crippen molar-refractivity contribution in [1.29, 1.82) is 0 Å². The summed E-state index contributed by atoms with van der Waals surface area (Å²) in [5.41, 5.74) is 1.10. The highest BCUT2D eigenvalue weighted by Crippen LogP contribution is 2.32. The first-order chi connectivity index (χ1) is 10.7. The fraction of sp³-hybridized carbons (Fsp3) is 0.611. The van der Waals surface area contributed by atoms with Gasteiger partial charge in [0.2, 0.25) is 5.91 Å². The fourth-order valence-electron chi connectivity index (χ4n) is 3.97. The summed E-state index contributed by atoms with van der Waals surface area (Å²) in [5, 5.41) is 0. The topological polar surface area (TPSA) is 32.8 Å². The van der Waals surface area contributed by atoms with Gasteiger partial charge in [0.15, 0.2) is 0 Å². The van der Waals surface area contributed by atoms with Crippen LogP contribution in [0.2, 0.25) is 0 Å². The van der Waals surface area contributed by atoms with E-state index in [4.69, 9.17) is 4.74 Å². The molecule has 2 aliphatic heterocycles. The van der Waals surface area contributed by atoms with E-state index in [-0.39, 0.29) is 5.91 Å². The van der Waals surface area contributed by atoms with Gasteiger partial charge in [0.1, 0.15) is 0 Å². The van der Waals surface area contributed by atoms with Gasteiger partial charge in [-0.25, -0.2) is 0 Å². The van der Waals surface area contributed by atoms with Crippen molar-refractivity contribution in [2.45, 2.75) is 31.9 Å². The number of amides is 1. The summed E-state index contributed by atoms with van der Waals surface area (Å²) in [6.07, 6.45) is 1.76. The predicted octanol–water partition coefficient (Wildman–Crippen LogP) is 1.80. The highest BCUT2D eigenvalue weighted by molar-refractivity contribution is 5.79. The molecule has 0 bridgehead atoms. The van der Waals surface area contributed by atoms with Gasteiger partial charge >= 0.3 is 0 Å². The molecule has 0 aromatic heterocycles. The Balaban J connectivity index is 1.72. The van der Waals surface area contributed by atoms with Gasteiger partial charge in [0.25, 0.3) is 0 Å². The number of likely N-dealkylation sites (N-methyl/N-ethyl adjacent to an activating group) is 1. The third kappa shape index (κ3) is 3.03. The lowest BCUT2D eigenvalue weighted by Crippen LogP contribution is -2.54. The largest absolute Gasteiger partial charge is 0.381 e. The molecule has 0 radical (unpaired) electrons. The van der Waals surface area contributed by atoms with Crippen molar-refractivity contribution in [2.75, 3.05) is 33.3 Å². The smallest absolute Gasteiger partial charge is 0.227 e. The van der Waals surface area contributed by atoms with E-state index < -0.39 is 0 Å². The van der Waals surface area contributed by atoms with E-state index in [0.29, 0.717) is 24.5 Å². The Morgan fingerprint density at radius 3 is 2.73 bits per heavy atom. The number of likely N-dealkylation sites (tertiary alicyclic amines) is 2. The molecule has 4 nitrogen and oxygen atoms in total. The molecule has 2 fully saturated rings. The van der Waals surface area contributed by atoms with Crippen LogP contribution in [0.15, 0.2) is 30.3 Å². The third-order valence-corrected chi connectivity index (χ3v) is 5.21. The first kappa shape index (κ1) is 15.5. The van der Waals surface area contributed by atoms with Crippen molar-refractivity contribution in [3.8, 4) is 0 Å². The average molecular weight is 302 g/mol. The number of rotatable bonds is 4. The molecule has 0 unspecified atom stereocenters. The van der Waals surface area contributed by atoms with Gasteiger partial charge in [-0.2, -0.15) is 0 Å². The predicted molar refractivity (Wildman–Crippen MR) is 86.7 cm³/mol. The van der Waals surface area contributed by atoms with E-state index in [1.807, 2.05) is 30.3 Å². The molecule has 0 N–H and O–H groups in total. The van der Waals surface area contributed by atoms with Crippen LogP contribution >= 0.6 is 0 Å². The number of carbonyl (C=O) groups is 1. The summed E-state index contributed by atoms with van der Waals surface area (Å²) in [6.45, 7) is 6.10. The van der Waals surface area contributed by atoms with Crippen LogP contribution in [0.5, 0.6) is 0 Å². The molecule has 0 saturated carbocycles. The van der Waals surface area contributed by atoms with E-state index in [9.17, 15) is 4.79 Å². The number of benzene rings is 1. The van der Waals surface area contributed by atoms with E-state index in [0.717, 1.165) is 38.2 Å². The number of methoxy groups -OCH3 is 1. The fourth-order valence-corrected chi connectivity index (χ4v) is 3.97. The van der Waals surface area contributed by atoms with Gasteiger partial charge in [-0.15, -0.1) is 0 Å². The highest BCUT2D eigenvalue weighted by atomic mass is 16.5. The van der Waals surface area contributed by atoms with Crippen molar-refractivity contribution in [3.05, 3.63) is 35.9 Å². The summed E-state index contributed by atoms with van der Waals surface area (Å²) in [6, 6.07) is 10.4. The lowest BCUT2D eigenvalue weighted by atomic mass is 9.88. The molecule has 3 rings (SSSR count). The lowest BCUT2D eigenvalue weighted by Gasteiger charge is -2.41. The normalized spacial score (nSPS) is 28.6. The summed E-state index contributed by atoms with van der Waals surface area (Å²) in [4.78, 5) is 17.3. The monoisotopic (exact) mass is 302 g/mol. The molecule has 22 heavy (non-hydrogen) atoms. The lowest BCUT2D eigenvalue weighted by molar-refractivity contribution is -0.138. The molecule has 3 atom stereocenters. The minimum Gasteiger partial charge on any atom is -0.381 e. The van der Waals surface area contributed by atoms with Crippen molar-refractivity contribution in [1.82, 2.24) is 9.80 Å². The van der Waals surface area contributed by atoms with Gasteiger partial charge < -0.3 is 14.5 Å². The summed E-state index contributed by atoms with van der Waals surface area (Å²) in [7, 11) is 1.80. The van der Waals surface area contributed by atoms with Gasteiger partial charge in [-0.1, -0.05) is 37.3 Å². The van der Waals surface area contributed by atoms with E-state index in [1.165, 1.54) is 0 Å². The van der Waals surface area contributed by atoms with E-state index in [2.05, 4.69) is 16.7 Å². The molecule has 4 heteroatoms. The molecule has 1 aromatic carbocycles. The average Bonchev–Trinajstić information content (AvgIpc) is 2.99.